The summed E-state index contributed by atoms with van der Waals surface area (Å²) in [6.07, 6.45) is 0. The number of hydrogen-bond acceptors (Lipinski definition) is 8. The Morgan fingerprint density at radius 3 is 2.41 bits per heavy atom. The van der Waals surface area contributed by atoms with Crippen molar-refractivity contribution in [3.05, 3.63) is 99.6 Å². The molecule has 0 aliphatic heterocycles. The molecule has 9 nitrogen and oxygen atoms in total. The smallest absolute Gasteiger partial charge is 0.275 e. The van der Waals surface area contributed by atoms with Crippen LogP contribution < -0.4 is 19.5 Å². The molecule has 196 valence electrons. The third-order valence-corrected chi connectivity index (χ3v) is 6.40. The van der Waals surface area contributed by atoms with Crippen LogP contribution in [0.1, 0.15) is 5.56 Å². The zero-order chi connectivity index (χ0) is 27.5. The summed E-state index contributed by atoms with van der Waals surface area (Å²) < 4.78 is 16.7. The molecule has 0 atom stereocenters. The summed E-state index contributed by atoms with van der Waals surface area (Å²) in [5, 5.41) is 16.3. The third kappa shape index (κ3) is 5.53. The lowest BCUT2D eigenvalue weighted by atomic mass is 10.1. The molecular formula is C29H23ClN4O5. The van der Waals surface area contributed by atoms with Crippen LogP contribution in [-0.2, 0) is 0 Å². The van der Waals surface area contributed by atoms with Gasteiger partial charge in [-0.05, 0) is 61.0 Å². The van der Waals surface area contributed by atoms with Crippen molar-refractivity contribution in [3.63, 3.8) is 0 Å². The molecule has 1 aromatic heterocycles. The molecule has 5 aromatic rings. The monoisotopic (exact) mass is 542 g/mol. The van der Waals surface area contributed by atoms with E-state index in [4.69, 9.17) is 35.8 Å². The molecule has 0 saturated heterocycles. The molecule has 0 radical (unpaired) electrons. The first-order valence-electron chi connectivity index (χ1n) is 11.8. The van der Waals surface area contributed by atoms with E-state index in [1.165, 1.54) is 12.1 Å². The Hall–Kier alpha value is -4.89. The van der Waals surface area contributed by atoms with Gasteiger partial charge in [0.1, 0.15) is 17.3 Å². The number of non-ortho nitro benzene ring substituents is 1. The number of nitrogens with zero attached hydrogens (tertiary/aromatic N) is 3. The number of hydrogen-bond donors (Lipinski definition) is 1. The lowest BCUT2D eigenvalue weighted by Crippen LogP contribution is -2.01. The van der Waals surface area contributed by atoms with Crippen LogP contribution in [-0.4, -0.2) is 29.1 Å². The minimum Gasteiger partial charge on any atom is -0.493 e. The van der Waals surface area contributed by atoms with Gasteiger partial charge >= 0.3 is 0 Å². The van der Waals surface area contributed by atoms with E-state index in [9.17, 15) is 10.1 Å². The molecule has 0 bridgehead atoms. The van der Waals surface area contributed by atoms with E-state index in [0.717, 1.165) is 10.9 Å². The standard InChI is InChI=1S/C29H23ClN4O5/c1-17-12-21(9-10-24(17)30)39-22-15-19(14-20(16-22)34(35)36)31-29-23-6-4-5-7-25(23)32-28(33-29)18-8-11-26(37-2)27(13-18)38-3/h4-16H,1-3H3,(H,31,32,33). The average molecular weight is 543 g/mol. The number of ether oxygens (including phenoxy) is 3. The molecule has 0 aliphatic carbocycles. The average Bonchev–Trinajstić information content (AvgIpc) is 2.94. The Kier molecular flexibility index (Phi) is 7.16. The van der Waals surface area contributed by atoms with Gasteiger partial charge in [-0.25, -0.2) is 9.97 Å². The van der Waals surface area contributed by atoms with E-state index >= 15 is 0 Å². The lowest BCUT2D eigenvalue weighted by Gasteiger charge is -2.14. The molecule has 4 aromatic carbocycles. The van der Waals surface area contributed by atoms with E-state index in [0.29, 0.717) is 50.7 Å². The molecule has 1 heterocycles. The first kappa shape index (κ1) is 25.7. The maximum Gasteiger partial charge on any atom is 0.275 e. The molecule has 0 spiro atoms. The first-order chi connectivity index (χ1) is 18.8. The van der Waals surface area contributed by atoms with Gasteiger partial charge in [0.15, 0.2) is 17.3 Å². The van der Waals surface area contributed by atoms with Crippen LogP contribution in [0, 0.1) is 17.0 Å². The number of nitrogens with one attached hydrogen (secondary N) is 1. The Balaban J connectivity index is 1.57. The number of benzene rings is 4. The van der Waals surface area contributed by atoms with E-state index < -0.39 is 4.92 Å². The van der Waals surface area contributed by atoms with E-state index in [-0.39, 0.29) is 11.4 Å². The Morgan fingerprint density at radius 2 is 1.67 bits per heavy atom. The predicted octanol–water partition coefficient (Wildman–Crippen LogP) is 7.72. The first-order valence-corrected chi connectivity index (χ1v) is 12.2. The quantitative estimate of drug-likeness (QED) is 0.157. The summed E-state index contributed by atoms with van der Waals surface area (Å²) in [5.41, 5.74) is 2.51. The molecule has 1 N–H and O–H groups in total. The second-order valence-corrected chi connectivity index (χ2v) is 9.00. The number of rotatable bonds is 8. The van der Waals surface area contributed by atoms with Crippen LogP contribution in [0.5, 0.6) is 23.0 Å². The van der Waals surface area contributed by atoms with Crippen LogP contribution in [0.3, 0.4) is 0 Å². The second kappa shape index (κ2) is 10.8. The lowest BCUT2D eigenvalue weighted by molar-refractivity contribution is -0.384. The Labute approximate surface area is 229 Å². The summed E-state index contributed by atoms with van der Waals surface area (Å²) in [7, 11) is 3.13. The van der Waals surface area contributed by atoms with Gasteiger partial charge in [0.05, 0.1) is 36.4 Å². The van der Waals surface area contributed by atoms with E-state index in [1.54, 1.807) is 50.6 Å². The Bertz CT molecular complexity index is 1710. The van der Waals surface area contributed by atoms with Gasteiger partial charge in [-0.15, -0.1) is 0 Å². The molecule has 0 saturated carbocycles. The largest absolute Gasteiger partial charge is 0.493 e. The van der Waals surface area contributed by atoms with Crippen LogP contribution >= 0.6 is 11.6 Å². The van der Waals surface area contributed by atoms with Crippen LogP contribution in [0.4, 0.5) is 17.2 Å². The van der Waals surface area contributed by atoms with Crippen LogP contribution in [0.25, 0.3) is 22.3 Å². The van der Waals surface area contributed by atoms with Crippen molar-refractivity contribution in [2.24, 2.45) is 0 Å². The molecule has 0 fully saturated rings. The number of aryl methyl sites for hydroxylation is 1. The number of nitro groups is 1. The zero-order valence-corrected chi connectivity index (χ0v) is 22.0. The number of fused-ring (bicyclic) bond motifs is 1. The molecule has 39 heavy (non-hydrogen) atoms. The fourth-order valence-electron chi connectivity index (χ4n) is 4.05. The van der Waals surface area contributed by atoms with Crippen molar-refractivity contribution in [1.29, 1.82) is 0 Å². The molecule has 10 heteroatoms. The van der Waals surface area contributed by atoms with Gasteiger partial charge in [0, 0.05) is 28.1 Å². The van der Waals surface area contributed by atoms with Crippen molar-refractivity contribution in [2.75, 3.05) is 19.5 Å². The van der Waals surface area contributed by atoms with Gasteiger partial charge in [-0.3, -0.25) is 10.1 Å². The minimum absolute atomic E-state index is 0.140. The van der Waals surface area contributed by atoms with Gasteiger partial charge in [0.25, 0.3) is 5.69 Å². The Morgan fingerprint density at radius 1 is 0.872 bits per heavy atom. The SMILES string of the molecule is COc1ccc(-c2nc(Nc3cc(Oc4ccc(Cl)c(C)c4)cc([N+](=O)[O-])c3)c3ccccc3n2)cc1OC. The highest BCUT2D eigenvalue weighted by atomic mass is 35.5. The molecule has 5 rings (SSSR count). The zero-order valence-electron chi connectivity index (χ0n) is 21.3. The summed E-state index contributed by atoms with van der Waals surface area (Å²) in [6, 6.07) is 22.5. The topological polar surface area (TPSA) is 109 Å². The van der Waals surface area contributed by atoms with Crippen molar-refractivity contribution in [1.82, 2.24) is 9.97 Å². The molecule has 0 unspecified atom stereocenters. The normalized spacial score (nSPS) is 10.8. The number of anilines is 2. The molecule has 0 aliphatic rings. The number of aromatic nitrogens is 2. The van der Waals surface area contributed by atoms with Crippen LogP contribution in [0.15, 0.2) is 78.9 Å². The predicted molar refractivity (Wildman–Crippen MR) is 151 cm³/mol. The fourth-order valence-corrected chi connectivity index (χ4v) is 4.17. The van der Waals surface area contributed by atoms with Gasteiger partial charge in [-0.1, -0.05) is 23.7 Å². The highest BCUT2D eigenvalue weighted by molar-refractivity contribution is 6.31. The highest BCUT2D eigenvalue weighted by Crippen LogP contribution is 2.35. The van der Waals surface area contributed by atoms with E-state index in [1.807, 2.05) is 37.3 Å². The maximum absolute atomic E-state index is 11.7. The van der Waals surface area contributed by atoms with Crippen molar-refractivity contribution in [2.45, 2.75) is 6.92 Å². The summed E-state index contributed by atoms with van der Waals surface area (Å²) >= 11 is 6.12. The minimum atomic E-state index is -0.474. The fraction of sp³-hybridized carbons (Fsp3) is 0.103. The maximum atomic E-state index is 11.7. The number of para-hydroxylation sites is 1. The van der Waals surface area contributed by atoms with E-state index in [2.05, 4.69) is 5.32 Å². The van der Waals surface area contributed by atoms with Crippen molar-refractivity contribution in [3.8, 4) is 34.4 Å². The van der Waals surface area contributed by atoms with Gasteiger partial charge < -0.3 is 19.5 Å². The number of nitro benzene ring substituents is 1. The van der Waals surface area contributed by atoms with Gasteiger partial charge in [0.2, 0.25) is 0 Å². The molecule has 0 amide bonds. The third-order valence-electron chi connectivity index (χ3n) is 5.97. The summed E-state index contributed by atoms with van der Waals surface area (Å²) in [6.45, 7) is 1.85. The van der Waals surface area contributed by atoms with Crippen molar-refractivity contribution < 1.29 is 19.1 Å². The van der Waals surface area contributed by atoms with Crippen LogP contribution in [0.2, 0.25) is 5.02 Å². The molecular weight excluding hydrogens is 520 g/mol. The second-order valence-electron chi connectivity index (χ2n) is 8.59. The van der Waals surface area contributed by atoms with Gasteiger partial charge in [-0.2, -0.15) is 0 Å². The number of halogens is 1. The number of methoxy groups -OCH3 is 2. The summed E-state index contributed by atoms with van der Waals surface area (Å²) in [5.74, 6) is 2.83. The summed E-state index contributed by atoms with van der Waals surface area (Å²) in [4.78, 5) is 20.7. The van der Waals surface area contributed by atoms with Crippen molar-refractivity contribution >= 4 is 39.7 Å². The highest BCUT2D eigenvalue weighted by Gasteiger charge is 2.16.